The number of piperidine rings is 1. The molecule has 1 unspecified atom stereocenters. The van der Waals surface area contributed by atoms with E-state index in [0.717, 1.165) is 45.4 Å². The highest BCUT2D eigenvalue weighted by Gasteiger charge is 2.40. The van der Waals surface area contributed by atoms with Gasteiger partial charge in [0.15, 0.2) is 0 Å². The molecule has 2 aliphatic rings. The zero-order valence-electron chi connectivity index (χ0n) is 17.0. The Labute approximate surface area is 161 Å². The van der Waals surface area contributed by atoms with Gasteiger partial charge in [-0.15, -0.1) is 0 Å². The van der Waals surface area contributed by atoms with Gasteiger partial charge in [0, 0.05) is 32.1 Å². The zero-order chi connectivity index (χ0) is 19.6. The molecular weight excluding hydrogens is 344 g/mol. The van der Waals surface area contributed by atoms with Crippen LogP contribution in [0.25, 0.3) is 0 Å². The average molecular weight is 376 g/mol. The molecule has 0 aromatic carbocycles. The van der Waals surface area contributed by atoms with Crippen molar-refractivity contribution in [1.29, 1.82) is 0 Å². The highest BCUT2D eigenvalue weighted by molar-refractivity contribution is 5.95. The molecular formula is C21H32N2O4. The number of hydrogen-bond acceptors (Lipinski definition) is 5. The molecule has 1 aromatic heterocycles. The van der Waals surface area contributed by atoms with Gasteiger partial charge in [-0.3, -0.25) is 4.79 Å². The molecule has 1 atom stereocenters. The molecule has 1 amide bonds. The minimum absolute atomic E-state index is 0.150. The highest BCUT2D eigenvalue weighted by Crippen LogP contribution is 2.30. The molecule has 0 aliphatic carbocycles. The number of aryl methyl sites for hydroxylation is 1. The van der Waals surface area contributed by atoms with Crippen molar-refractivity contribution in [3.05, 3.63) is 33.4 Å². The van der Waals surface area contributed by atoms with E-state index < -0.39 is 5.63 Å². The quantitative estimate of drug-likeness (QED) is 0.809. The Morgan fingerprint density at radius 2 is 2.00 bits per heavy atom. The SMILES string of the molecule is CCCC(C)c1cc(C)c(C(=O)N2CCC3(CC2)CN(C)CCO3)c(=O)o1. The number of nitrogens with zero attached hydrogens (tertiary/aromatic N) is 2. The van der Waals surface area contributed by atoms with E-state index in [1.54, 1.807) is 4.90 Å². The van der Waals surface area contributed by atoms with Crippen molar-refractivity contribution in [1.82, 2.24) is 9.80 Å². The second kappa shape index (κ2) is 8.15. The van der Waals surface area contributed by atoms with E-state index in [2.05, 4.69) is 18.9 Å². The fourth-order valence-electron chi connectivity index (χ4n) is 4.32. The average Bonchev–Trinajstić information content (AvgIpc) is 2.61. The van der Waals surface area contributed by atoms with Gasteiger partial charge in [0.25, 0.3) is 5.91 Å². The lowest BCUT2D eigenvalue weighted by molar-refractivity contribution is -0.127. The van der Waals surface area contributed by atoms with E-state index >= 15 is 0 Å². The van der Waals surface area contributed by atoms with Gasteiger partial charge in [0.05, 0.1) is 12.2 Å². The molecule has 1 aromatic rings. The smallest absolute Gasteiger partial charge is 0.349 e. The van der Waals surface area contributed by atoms with Gasteiger partial charge in [-0.05, 0) is 44.9 Å². The summed E-state index contributed by atoms with van der Waals surface area (Å²) in [6.07, 6.45) is 3.59. The summed E-state index contributed by atoms with van der Waals surface area (Å²) in [5, 5.41) is 0. The van der Waals surface area contributed by atoms with E-state index in [0.29, 0.717) is 24.4 Å². The monoisotopic (exact) mass is 376 g/mol. The topological polar surface area (TPSA) is 63.0 Å². The first-order chi connectivity index (χ1) is 12.8. The molecule has 3 rings (SSSR count). The van der Waals surface area contributed by atoms with Crippen molar-refractivity contribution in [2.45, 2.75) is 58.0 Å². The summed E-state index contributed by atoms with van der Waals surface area (Å²) >= 11 is 0. The largest absolute Gasteiger partial charge is 0.427 e. The van der Waals surface area contributed by atoms with Crippen LogP contribution in [-0.4, -0.2) is 61.1 Å². The molecule has 150 valence electrons. The summed E-state index contributed by atoms with van der Waals surface area (Å²) < 4.78 is 11.6. The molecule has 6 nitrogen and oxygen atoms in total. The zero-order valence-corrected chi connectivity index (χ0v) is 17.0. The van der Waals surface area contributed by atoms with Crippen LogP contribution in [0.4, 0.5) is 0 Å². The van der Waals surface area contributed by atoms with Crippen LogP contribution in [0.3, 0.4) is 0 Å². The Morgan fingerprint density at radius 1 is 1.30 bits per heavy atom. The van der Waals surface area contributed by atoms with Crippen LogP contribution >= 0.6 is 0 Å². The molecule has 2 saturated heterocycles. The molecule has 0 radical (unpaired) electrons. The Kier molecular flexibility index (Phi) is 6.06. The minimum atomic E-state index is -0.508. The van der Waals surface area contributed by atoms with Crippen molar-refractivity contribution in [2.75, 3.05) is 39.8 Å². The Hall–Kier alpha value is -1.66. The van der Waals surface area contributed by atoms with Crippen LogP contribution in [0, 0.1) is 6.92 Å². The van der Waals surface area contributed by atoms with Crippen LogP contribution in [0.15, 0.2) is 15.3 Å². The van der Waals surface area contributed by atoms with Gasteiger partial charge in [-0.25, -0.2) is 4.79 Å². The van der Waals surface area contributed by atoms with E-state index in [1.807, 2.05) is 19.9 Å². The third-order valence-electron chi connectivity index (χ3n) is 5.99. The van der Waals surface area contributed by atoms with Gasteiger partial charge >= 0.3 is 5.63 Å². The first kappa shape index (κ1) is 20.1. The predicted octanol–water partition coefficient (Wildman–Crippen LogP) is 2.79. The second-order valence-electron chi connectivity index (χ2n) is 8.25. The molecule has 0 saturated carbocycles. The van der Waals surface area contributed by atoms with Crippen molar-refractivity contribution < 1.29 is 13.9 Å². The van der Waals surface area contributed by atoms with Crippen LogP contribution in [0.5, 0.6) is 0 Å². The van der Waals surface area contributed by atoms with Crippen molar-refractivity contribution in [3.8, 4) is 0 Å². The number of rotatable bonds is 4. The Morgan fingerprint density at radius 3 is 2.59 bits per heavy atom. The first-order valence-corrected chi connectivity index (χ1v) is 10.1. The van der Waals surface area contributed by atoms with Crippen LogP contribution < -0.4 is 5.63 Å². The van der Waals surface area contributed by atoms with Gasteiger partial charge in [-0.1, -0.05) is 20.3 Å². The molecule has 2 fully saturated rings. The van der Waals surface area contributed by atoms with Gasteiger partial charge in [0.2, 0.25) is 0 Å². The lowest BCUT2D eigenvalue weighted by Crippen LogP contribution is -2.56. The highest BCUT2D eigenvalue weighted by atomic mass is 16.5. The summed E-state index contributed by atoms with van der Waals surface area (Å²) in [6, 6.07) is 1.86. The molecule has 6 heteroatoms. The molecule has 1 spiro atoms. The van der Waals surface area contributed by atoms with E-state index in [1.165, 1.54) is 0 Å². The number of amides is 1. The fourth-order valence-corrected chi connectivity index (χ4v) is 4.32. The Bertz CT molecular complexity index is 734. The summed E-state index contributed by atoms with van der Waals surface area (Å²) in [6.45, 7) is 9.80. The number of carbonyl (C=O) groups excluding carboxylic acids is 1. The minimum Gasteiger partial charge on any atom is -0.427 e. The van der Waals surface area contributed by atoms with Crippen molar-refractivity contribution in [2.24, 2.45) is 0 Å². The van der Waals surface area contributed by atoms with Crippen molar-refractivity contribution >= 4 is 5.91 Å². The maximum Gasteiger partial charge on any atom is 0.349 e. The molecule has 3 heterocycles. The molecule has 0 N–H and O–H groups in total. The number of likely N-dealkylation sites (tertiary alicyclic amines) is 1. The van der Waals surface area contributed by atoms with E-state index in [4.69, 9.17) is 9.15 Å². The maximum atomic E-state index is 13.0. The van der Waals surface area contributed by atoms with Crippen molar-refractivity contribution in [3.63, 3.8) is 0 Å². The molecule has 27 heavy (non-hydrogen) atoms. The summed E-state index contributed by atoms with van der Waals surface area (Å²) in [5.74, 6) is 0.642. The van der Waals surface area contributed by atoms with Crippen LogP contribution in [0.1, 0.15) is 67.1 Å². The molecule has 2 aliphatic heterocycles. The van der Waals surface area contributed by atoms with E-state index in [-0.39, 0.29) is 23.0 Å². The standard InChI is InChI=1S/C21H32N2O4/c1-5-6-15(2)17-13-16(3)18(20(25)27-17)19(24)23-9-7-21(8-10-23)14-22(4)11-12-26-21/h13,15H,5-12,14H2,1-4H3. The third kappa shape index (κ3) is 4.27. The summed E-state index contributed by atoms with van der Waals surface area (Å²) in [5.41, 5.74) is 0.234. The number of morpholine rings is 1. The fraction of sp³-hybridized carbons (Fsp3) is 0.714. The molecule has 0 bridgehead atoms. The predicted molar refractivity (Wildman–Crippen MR) is 104 cm³/mol. The summed E-state index contributed by atoms with van der Waals surface area (Å²) in [4.78, 5) is 29.6. The number of carbonyl (C=O) groups is 1. The van der Waals surface area contributed by atoms with Gasteiger partial charge in [0.1, 0.15) is 11.3 Å². The van der Waals surface area contributed by atoms with E-state index in [9.17, 15) is 9.59 Å². The van der Waals surface area contributed by atoms with Gasteiger partial charge < -0.3 is 19.0 Å². The lowest BCUT2D eigenvalue weighted by Gasteiger charge is -2.46. The lowest BCUT2D eigenvalue weighted by atomic mass is 9.89. The normalized spacial score (nSPS) is 21.4. The number of hydrogen-bond donors (Lipinski definition) is 0. The number of likely N-dealkylation sites (N-methyl/N-ethyl adjacent to an activating group) is 1. The third-order valence-corrected chi connectivity index (χ3v) is 5.99. The summed E-state index contributed by atoms with van der Waals surface area (Å²) in [7, 11) is 2.11. The maximum absolute atomic E-state index is 13.0. The number of ether oxygens (including phenoxy) is 1. The van der Waals surface area contributed by atoms with Crippen LogP contribution in [-0.2, 0) is 4.74 Å². The first-order valence-electron chi connectivity index (χ1n) is 10.1. The Balaban J connectivity index is 1.72. The van der Waals surface area contributed by atoms with Crippen LogP contribution in [0.2, 0.25) is 0 Å². The second-order valence-corrected chi connectivity index (χ2v) is 8.25. The van der Waals surface area contributed by atoms with Gasteiger partial charge in [-0.2, -0.15) is 0 Å².